The van der Waals surface area contributed by atoms with E-state index in [0.29, 0.717) is 19.7 Å². The Morgan fingerprint density at radius 1 is 0.844 bits per heavy atom. The van der Waals surface area contributed by atoms with Gasteiger partial charge in [-0.15, -0.1) is 0 Å². The molecule has 0 radical (unpaired) electrons. The average Bonchev–Trinajstić information content (AvgIpc) is 2.82. The number of amides is 2. The van der Waals surface area contributed by atoms with Crippen molar-refractivity contribution in [3.05, 3.63) is 84.4 Å². The number of hydrogen-bond donors (Lipinski definition) is 1. The number of urea groups is 1. The second-order valence-corrected chi connectivity index (χ2v) is 7.71. The molecule has 0 unspecified atom stereocenters. The molecule has 1 aliphatic rings. The van der Waals surface area contributed by atoms with Crippen LogP contribution < -0.4 is 14.8 Å². The van der Waals surface area contributed by atoms with Crippen LogP contribution in [0.25, 0.3) is 0 Å². The first kappa shape index (κ1) is 21.7. The quantitative estimate of drug-likeness (QED) is 0.557. The lowest BCUT2D eigenvalue weighted by Crippen LogP contribution is -2.49. The van der Waals surface area contributed by atoms with Gasteiger partial charge in [-0.25, -0.2) is 4.79 Å². The lowest BCUT2D eigenvalue weighted by atomic mass is 10.2. The molecule has 0 saturated carbocycles. The highest BCUT2D eigenvalue weighted by Gasteiger charge is 2.21. The van der Waals surface area contributed by atoms with Crippen molar-refractivity contribution in [2.75, 3.05) is 38.1 Å². The highest BCUT2D eigenvalue weighted by molar-refractivity contribution is 5.89. The van der Waals surface area contributed by atoms with Gasteiger partial charge in [0, 0.05) is 38.4 Å². The smallest absolute Gasteiger partial charge is 0.321 e. The number of piperazine rings is 1. The lowest BCUT2D eigenvalue weighted by Gasteiger charge is -2.34. The number of hydrogen-bond acceptors (Lipinski definition) is 4. The van der Waals surface area contributed by atoms with Gasteiger partial charge < -0.3 is 19.7 Å². The van der Waals surface area contributed by atoms with Crippen molar-refractivity contribution in [2.45, 2.75) is 13.5 Å². The molecule has 1 N–H and O–H groups in total. The molecule has 0 aliphatic carbocycles. The van der Waals surface area contributed by atoms with Crippen molar-refractivity contribution in [3.8, 4) is 17.2 Å². The van der Waals surface area contributed by atoms with E-state index in [-0.39, 0.29) is 6.03 Å². The summed E-state index contributed by atoms with van der Waals surface area (Å²) in [5, 5.41) is 2.97. The lowest BCUT2D eigenvalue weighted by molar-refractivity contribution is 0.143. The molecule has 0 bridgehead atoms. The van der Waals surface area contributed by atoms with Crippen LogP contribution in [0.4, 0.5) is 10.5 Å². The largest absolute Gasteiger partial charge is 0.494 e. The molecular formula is C26H29N3O3. The van der Waals surface area contributed by atoms with Crippen LogP contribution in [0.2, 0.25) is 0 Å². The van der Waals surface area contributed by atoms with Gasteiger partial charge in [0.15, 0.2) is 0 Å². The van der Waals surface area contributed by atoms with Crippen LogP contribution in [0, 0.1) is 0 Å². The molecule has 6 nitrogen and oxygen atoms in total. The van der Waals surface area contributed by atoms with Crippen LogP contribution in [0.15, 0.2) is 78.9 Å². The normalized spacial score (nSPS) is 14.1. The van der Waals surface area contributed by atoms with E-state index in [1.54, 1.807) is 0 Å². The number of nitrogens with zero attached hydrogens (tertiary/aromatic N) is 2. The van der Waals surface area contributed by atoms with Crippen molar-refractivity contribution in [2.24, 2.45) is 0 Å². The summed E-state index contributed by atoms with van der Waals surface area (Å²) in [7, 11) is 0. The van der Waals surface area contributed by atoms with Gasteiger partial charge in [-0.3, -0.25) is 4.90 Å². The van der Waals surface area contributed by atoms with E-state index >= 15 is 0 Å². The van der Waals surface area contributed by atoms with Gasteiger partial charge in [-0.05, 0) is 61.0 Å². The van der Waals surface area contributed by atoms with Gasteiger partial charge in [0.25, 0.3) is 0 Å². The summed E-state index contributed by atoms with van der Waals surface area (Å²) >= 11 is 0. The highest BCUT2D eigenvalue weighted by atomic mass is 16.5. The second kappa shape index (κ2) is 10.7. The van der Waals surface area contributed by atoms with E-state index < -0.39 is 0 Å². The maximum absolute atomic E-state index is 12.6. The molecule has 0 aromatic heterocycles. The molecule has 2 amide bonds. The Bertz CT molecular complexity index is 1000. The minimum absolute atomic E-state index is 0.0629. The first-order valence-corrected chi connectivity index (χ1v) is 11.0. The SMILES string of the molecule is CCOc1ccc(NC(=O)N2CCN(Cc3cccc(Oc4ccccc4)c3)CC2)cc1. The van der Waals surface area contributed by atoms with Crippen molar-refractivity contribution in [3.63, 3.8) is 0 Å². The molecule has 3 aromatic rings. The molecule has 6 heteroatoms. The minimum atomic E-state index is -0.0629. The van der Waals surface area contributed by atoms with Gasteiger partial charge >= 0.3 is 6.03 Å². The molecule has 3 aromatic carbocycles. The predicted molar refractivity (Wildman–Crippen MR) is 126 cm³/mol. The highest BCUT2D eigenvalue weighted by Crippen LogP contribution is 2.23. The van der Waals surface area contributed by atoms with Gasteiger partial charge in [0.2, 0.25) is 0 Å². The van der Waals surface area contributed by atoms with E-state index in [0.717, 1.165) is 42.6 Å². The molecular weight excluding hydrogens is 402 g/mol. The van der Waals surface area contributed by atoms with Gasteiger partial charge in [-0.1, -0.05) is 30.3 Å². The Labute approximate surface area is 189 Å². The summed E-state index contributed by atoms with van der Waals surface area (Å²) in [5.74, 6) is 2.47. The average molecular weight is 432 g/mol. The van der Waals surface area contributed by atoms with Crippen LogP contribution in [0.3, 0.4) is 0 Å². The van der Waals surface area contributed by atoms with Crippen LogP contribution in [0.1, 0.15) is 12.5 Å². The fraction of sp³-hybridized carbons (Fsp3) is 0.269. The third-order valence-electron chi connectivity index (χ3n) is 5.36. The number of carbonyl (C=O) groups is 1. The number of para-hydroxylation sites is 1. The second-order valence-electron chi connectivity index (χ2n) is 7.71. The van der Waals surface area contributed by atoms with E-state index in [2.05, 4.69) is 22.3 Å². The monoisotopic (exact) mass is 431 g/mol. The Morgan fingerprint density at radius 3 is 2.28 bits per heavy atom. The topological polar surface area (TPSA) is 54.0 Å². The summed E-state index contributed by atoms with van der Waals surface area (Å²) in [4.78, 5) is 16.8. The first-order chi connectivity index (χ1) is 15.7. The number of nitrogens with one attached hydrogen (secondary N) is 1. The number of anilines is 1. The van der Waals surface area contributed by atoms with Crippen LogP contribution in [-0.4, -0.2) is 48.6 Å². The third kappa shape index (κ3) is 6.02. The van der Waals surface area contributed by atoms with Crippen molar-refractivity contribution < 1.29 is 14.3 Å². The molecule has 1 heterocycles. The summed E-state index contributed by atoms with van der Waals surface area (Å²) < 4.78 is 11.4. The maximum Gasteiger partial charge on any atom is 0.321 e. The number of ether oxygens (including phenoxy) is 2. The summed E-state index contributed by atoms with van der Waals surface area (Å²) in [5.41, 5.74) is 1.97. The van der Waals surface area contributed by atoms with Gasteiger partial charge in [0.05, 0.1) is 6.61 Å². The molecule has 1 saturated heterocycles. The predicted octanol–water partition coefficient (Wildman–Crippen LogP) is 5.23. The Balaban J connectivity index is 1.25. The molecule has 32 heavy (non-hydrogen) atoms. The van der Waals surface area contributed by atoms with Crippen molar-refractivity contribution in [1.29, 1.82) is 0 Å². The zero-order chi connectivity index (χ0) is 22.2. The maximum atomic E-state index is 12.6. The van der Waals surface area contributed by atoms with Crippen molar-refractivity contribution in [1.82, 2.24) is 9.80 Å². The van der Waals surface area contributed by atoms with Gasteiger partial charge in [0.1, 0.15) is 17.2 Å². The molecule has 1 fully saturated rings. The van der Waals surface area contributed by atoms with Gasteiger partial charge in [-0.2, -0.15) is 0 Å². The fourth-order valence-electron chi connectivity index (χ4n) is 3.70. The Kier molecular flexibility index (Phi) is 7.25. The summed E-state index contributed by atoms with van der Waals surface area (Å²) in [6, 6.07) is 25.4. The fourth-order valence-corrected chi connectivity index (χ4v) is 3.70. The van der Waals surface area contributed by atoms with Crippen molar-refractivity contribution >= 4 is 11.7 Å². The summed E-state index contributed by atoms with van der Waals surface area (Å²) in [6.45, 7) is 6.47. The number of carbonyl (C=O) groups excluding carboxylic acids is 1. The van der Waals surface area contributed by atoms with E-state index in [9.17, 15) is 4.79 Å². The van der Waals surface area contributed by atoms with E-state index in [1.807, 2.05) is 78.6 Å². The van der Waals surface area contributed by atoms with E-state index in [1.165, 1.54) is 5.56 Å². The Hall–Kier alpha value is -3.51. The zero-order valence-corrected chi connectivity index (χ0v) is 18.4. The minimum Gasteiger partial charge on any atom is -0.494 e. The molecule has 4 rings (SSSR count). The summed E-state index contributed by atoms with van der Waals surface area (Å²) in [6.07, 6.45) is 0. The van der Waals surface area contributed by atoms with Crippen LogP contribution in [-0.2, 0) is 6.54 Å². The molecule has 0 atom stereocenters. The zero-order valence-electron chi connectivity index (χ0n) is 18.4. The molecule has 1 aliphatic heterocycles. The molecule has 166 valence electrons. The Morgan fingerprint density at radius 2 is 1.56 bits per heavy atom. The standard InChI is InChI=1S/C26H29N3O3/c1-2-31-23-13-11-22(12-14-23)27-26(30)29-17-15-28(16-18-29)20-21-7-6-10-25(19-21)32-24-8-4-3-5-9-24/h3-14,19H,2,15-18,20H2,1H3,(H,27,30). The van der Waals surface area contributed by atoms with Crippen LogP contribution in [0.5, 0.6) is 17.2 Å². The third-order valence-corrected chi connectivity index (χ3v) is 5.36. The molecule has 0 spiro atoms. The number of benzene rings is 3. The van der Waals surface area contributed by atoms with Crippen LogP contribution >= 0.6 is 0 Å². The van der Waals surface area contributed by atoms with E-state index in [4.69, 9.17) is 9.47 Å². The number of rotatable bonds is 7. The first-order valence-electron chi connectivity index (χ1n) is 11.0.